The molecule has 0 unspecified atom stereocenters. The maximum Gasteiger partial charge on any atom is 0.257 e. The molecular weight excluding hydrogens is 282 g/mol. The van der Waals surface area contributed by atoms with Gasteiger partial charge in [0.15, 0.2) is 5.82 Å². The maximum absolute atomic E-state index is 5.25. The second-order valence-electron chi connectivity index (χ2n) is 3.89. The van der Waals surface area contributed by atoms with Crippen molar-refractivity contribution >= 4 is 15.9 Å². The van der Waals surface area contributed by atoms with Crippen molar-refractivity contribution in [1.29, 1.82) is 0 Å². The van der Waals surface area contributed by atoms with E-state index in [1.54, 1.807) is 0 Å². The molecule has 0 aliphatic heterocycles. The van der Waals surface area contributed by atoms with Gasteiger partial charge >= 0.3 is 0 Å². The van der Waals surface area contributed by atoms with E-state index in [4.69, 9.17) is 4.52 Å². The summed E-state index contributed by atoms with van der Waals surface area (Å²) in [5.74, 6) is 1.30. The number of rotatable bonds is 4. The summed E-state index contributed by atoms with van der Waals surface area (Å²) in [5.41, 5.74) is 2.10. The molecule has 1 heterocycles. The first kappa shape index (κ1) is 12.3. The molecule has 0 saturated heterocycles. The molecule has 0 aliphatic carbocycles. The van der Waals surface area contributed by atoms with Crippen molar-refractivity contribution in [2.45, 2.75) is 13.3 Å². The minimum absolute atomic E-state index is 0.570. The molecule has 1 aromatic carbocycles. The van der Waals surface area contributed by atoms with Gasteiger partial charge in [-0.2, -0.15) is 4.98 Å². The maximum atomic E-state index is 5.25. The molecule has 2 rings (SSSR count). The van der Waals surface area contributed by atoms with Crippen LogP contribution in [-0.4, -0.2) is 23.7 Å². The number of aromatic nitrogens is 2. The Morgan fingerprint density at radius 2 is 2.18 bits per heavy atom. The Kier molecular flexibility index (Phi) is 3.91. The SMILES string of the molecule is CNCCc1noc(-c2cc(C)cc(Br)c2)n1. The molecule has 0 saturated carbocycles. The predicted octanol–water partition coefficient (Wildman–Crippen LogP) is 2.57. The molecule has 0 fully saturated rings. The number of nitrogens with zero attached hydrogens (tertiary/aromatic N) is 2. The number of hydrogen-bond acceptors (Lipinski definition) is 4. The zero-order valence-electron chi connectivity index (χ0n) is 9.83. The number of likely N-dealkylation sites (N-methyl/N-ethyl adjacent to an activating group) is 1. The Balaban J connectivity index is 2.24. The Labute approximate surface area is 109 Å². The van der Waals surface area contributed by atoms with Crippen molar-refractivity contribution < 1.29 is 4.52 Å². The molecule has 0 amide bonds. The van der Waals surface area contributed by atoms with Crippen LogP contribution < -0.4 is 5.32 Å². The van der Waals surface area contributed by atoms with Crippen LogP contribution in [0.3, 0.4) is 0 Å². The lowest BCUT2D eigenvalue weighted by atomic mass is 10.1. The van der Waals surface area contributed by atoms with E-state index in [0.717, 1.165) is 34.4 Å². The fourth-order valence-electron chi connectivity index (χ4n) is 1.57. The summed E-state index contributed by atoms with van der Waals surface area (Å²) in [7, 11) is 1.90. The van der Waals surface area contributed by atoms with Gasteiger partial charge in [-0.05, 0) is 37.7 Å². The molecule has 0 atom stereocenters. The molecule has 5 heteroatoms. The van der Waals surface area contributed by atoms with Gasteiger partial charge in [-0.25, -0.2) is 0 Å². The van der Waals surface area contributed by atoms with E-state index in [-0.39, 0.29) is 0 Å². The third-order valence-corrected chi connectivity index (χ3v) is 2.81. The predicted molar refractivity (Wildman–Crippen MR) is 69.8 cm³/mol. The number of hydrogen-bond donors (Lipinski definition) is 1. The van der Waals surface area contributed by atoms with Crippen molar-refractivity contribution in [1.82, 2.24) is 15.5 Å². The van der Waals surface area contributed by atoms with Crippen LogP contribution in [0.5, 0.6) is 0 Å². The first-order valence-corrected chi connectivity index (χ1v) is 6.23. The first-order valence-electron chi connectivity index (χ1n) is 5.44. The summed E-state index contributed by atoms with van der Waals surface area (Å²) < 4.78 is 6.26. The monoisotopic (exact) mass is 295 g/mol. The lowest BCUT2D eigenvalue weighted by molar-refractivity contribution is 0.422. The van der Waals surface area contributed by atoms with Crippen LogP contribution in [0.1, 0.15) is 11.4 Å². The summed E-state index contributed by atoms with van der Waals surface area (Å²) in [6.07, 6.45) is 0.771. The van der Waals surface area contributed by atoms with E-state index in [2.05, 4.69) is 31.4 Å². The quantitative estimate of drug-likeness (QED) is 0.942. The normalized spacial score (nSPS) is 10.8. The van der Waals surface area contributed by atoms with E-state index < -0.39 is 0 Å². The van der Waals surface area contributed by atoms with Crippen molar-refractivity contribution in [2.24, 2.45) is 0 Å². The fourth-order valence-corrected chi connectivity index (χ4v) is 2.18. The molecule has 17 heavy (non-hydrogen) atoms. The van der Waals surface area contributed by atoms with Crippen LogP contribution >= 0.6 is 15.9 Å². The molecule has 0 bridgehead atoms. The van der Waals surface area contributed by atoms with E-state index >= 15 is 0 Å². The molecule has 0 radical (unpaired) electrons. The summed E-state index contributed by atoms with van der Waals surface area (Å²) >= 11 is 3.46. The molecule has 0 aliphatic rings. The summed E-state index contributed by atoms with van der Waals surface area (Å²) in [6, 6.07) is 6.05. The van der Waals surface area contributed by atoms with Crippen molar-refractivity contribution in [2.75, 3.05) is 13.6 Å². The van der Waals surface area contributed by atoms with E-state index in [1.807, 2.05) is 32.2 Å². The summed E-state index contributed by atoms with van der Waals surface area (Å²) in [6.45, 7) is 2.88. The molecule has 1 N–H and O–H groups in total. The number of nitrogens with one attached hydrogen (secondary N) is 1. The van der Waals surface area contributed by atoms with Crippen molar-refractivity contribution in [3.8, 4) is 11.5 Å². The van der Waals surface area contributed by atoms with Gasteiger partial charge in [0, 0.05) is 23.0 Å². The van der Waals surface area contributed by atoms with Gasteiger partial charge in [0.2, 0.25) is 0 Å². The lowest BCUT2D eigenvalue weighted by Crippen LogP contribution is -2.10. The van der Waals surface area contributed by atoms with Gasteiger partial charge in [-0.1, -0.05) is 21.1 Å². The van der Waals surface area contributed by atoms with Gasteiger partial charge in [0.05, 0.1) is 0 Å². The zero-order chi connectivity index (χ0) is 12.3. The Morgan fingerprint density at radius 1 is 1.35 bits per heavy atom. The highest BCUT2D eigenvalue weighted by Gasteiger charge is 2.09. The molecular formula is C12H14BrN3O. The smallest absolute Gasteiger partial charge is 0.257 e. The number of halogens is 1. The van der Waals surface area contributed by atoms with Crippen LogP contribution in [0, 0.1) is 6.92 Å². The molecule has 1 aromatic heterocycles. The Morgan fingerprint density at radius 3 is 2.88 bits per heavy atom. The van der Waals surface area contributed by atoms with Crippen molar-refractivity contribution in [3.63, 3.8) is 0 Å². The second kappa shape index (κ2) is 5.42. The van der Waals surface area contributed by atoms with E-state index in [1.165, 1.54) is 0 Å². The second-order valence-corrected chi connectivity index (χ2v) is 4.80. The van der Waals surface area contributed by atoms with Crippen molar-refractivity contribution in [3.05, 3.63) is 34.1 Å². The zero-order valence-corrected chi connectivity index (χ0v) is 11.4. The standard InChI is InChI=1S/C12H14BrN3O/c1-8-5-9(7-10(13)6-8)12-15-11(16-17-12)3-4-14-2/h5-7,14H,3-4H2,1-2H3. The fraction of sp³-hybridized carbons (Fsp3) is 0.333. The molecule has 2 aromatic rings. The summed E-state index contributed by atoms with van der Waals surface area (Å²) in [5, 5.41) is 7.00. The average Bonchev–Trinajstić information content (AvgIpc) is 2.73. The van der Waals surface area contributed by atoms with Gasteiger partial charge in [0.25, 0.3) is 5.89 Å². The topological polar surface area (TPSA) is 51.0 Å². The Bertz CT molecular complexity index is 490. The van der Waals surface area contributed by atoms with Gasteiger partial charge in [-0.15, -0.1) is 0 Å². The number of benzene rings is 1. The van der Waals surface area contributed by atoms with Gasteiger partial charge in [0.1, 0.15) is 0 Å². The highest BCUT2D eigenvalue weighted by molar-refractivity contribution is 9.10. The van der Waals surface area contributed by atoms with Gasteiger partial charge < -0.3 is 9.84 Å². The van der Waals surface area contributed by atoms with Gasteiger partial charge in [-0.3, -0.25) is 0 Å². The summed E-state index contributed by atoms with van der Waals surface area (Å²) in [4.78, 5) is 4.36. The highest BCUT2D eigenvalue weighted by atomic mass is 79.9. The molecule has 90 valence electrons. The third kappa shape index (κ3) is 3.14. The average molecular weight is 296 g/mol. The van der Waals surface area contributed by atoms with Crippen LogP contribution in [0.4, 0.5) is 0 Å². The minimum atomic E-state index is 0.570. The van der Waals surface area contributed by atoms with Crippen LogP contribution in [-0.2, 0) is 6.42 Å². The van der Waals surface area contributed by atoms with Crippen LogP contribution in [0.25, 0.3) is 11.5 Å². The van der Waals surface area contributed by atoms with E-state index in [9.17, 15) is 0 Å². The minimum Gasteiger partial charge on any atom is -0.334 e. The lowest BCUT2D eigenvalue weighted by Gasteiger charge is -1.98. The van der Waals surface area contributed by atoms with E-state index in [0.29, 0.717) is 5.89 Å². The molecule has 4 nitrogen and oxygen atoms in total. The third-order valence-electron chi connectivity index (χ3n) is 2.36. The molecule has 0 spiro atoms. The first-order chi connectivity index (χ1) is 8.19. The highest BCUT2D eigenvalue weighted by Crippen LogP contribution is 2.23. The van der Waals surface area contributed by atoms with Crippen LogP contribution in [0.2, 0.25) is 0 Å². The Hall–Kier alpha value is -1.20. The van der Waals surface area contributed by atoms with Crippen LogP contribution in [0.15, 0.2) is 27.2 Å². The number of aryl methyl sites for hydroxylation is 1. The largest absolute Gasteiger partial charge is 0.334 e.